The van der Waals surface area contributed by atoms with E-state index in [-0.39, 0.29) is 10.6 Å². The summed E-state index contributed by atoms with van der Waals surface area (Å²) < 4.78 is 5.59. The number of carboxylic acids is 1. The maximum absolute atomic E-state index is 11.3. The lowest BCUT2D eigenvalue weighted by atomic mass is 10.1. The van der Waals surface area contributed by atoms with Crippen molar-refractivity contribution < 1.29 is 14.6 Å². The molecule has 0 saturated carbocycles. The van der Waals surface area contributed by atoms with E-state index in [2.05, 4.69) is 5.32 Å². The van der Waals surface area contributed by atoms with Crippen LogP contribution in [0.5, 0.6) is 5.75 Å². The number of benzene rings is 2. The van der Waals surface area contributed by atoms with Crippen molar-refractivity contribution in [2.45, 2.75) is 12.8 Å². The normalized spacial score (nSPS) is 10.5. The van der Waals surface area contributed by atoms with Crippen LogP contribution in [0.4, 0.5) is 5.69 Å². The molecule has 128 valence electrons. The van der Waals surface area contributed by atoms with Gasteiger partial charge in [-0.05, 0) is 49.2 Å². The van der Waals surface area contributed by atoms with Gasteiger partial charge >= 0.3 is 5.97 Å². The fourth-order valence-electron chi connectivity index (χ4n) is 2.08. The van der Waals surface area contributed by atoms with Crippen molar-refractivity contribution in [1.82, 2.24) is 0 Å². The summed E-state index contributed by atoms with van der Waals surface area (Å²) in [5.41, 5.74) is 0.442. The number of unbranched alkanes of at least 4 members (excludes halogenated alkanes) is 1. The van der Waals surface area contributed by atoms with E-state index in [4.69, 9.17) is 39.5 Å². The summed E-state index contributed by atoms with van der Waals surface area (Å²) in [4.78, 5) is 11.3. The van der Waals surface area contributed by atoms with Crippen LogP contribution < -0.4 is 10.1 Å². The van der Waals surface area contributed by atoms with E-state index >= 15 is 0 Å². The average Bonchev–Trinajstić information content (AvgIpc) is 2.53. The van der Waals surface area contributed by atoms with Crippen LogP contribution >= 0.6 is 34.8 Å². The van der Waals surface area contributed by atoms with Gasteiger partial charge in [0.1, 0.15) is 5.75 Å². The van der Waals surface area contributed by atoms with Gasteiger partial charge in [0.2, 0.25) is 0 Å². The van der Waals surface area contributed by atoms with E-state index in [9.17, 15) is 9.90 Å². The molecule has 0 unspecified atom stereocenters. The van der Waals surface area contributed by atoms with Crippen LogP contribution in [0, 0.1) is 0 Å². The smallest absolute Gasteiger partial charge is 0.337 e. The van der Waals surface area contributed by atoms with Gasteiger partial charge in [0.25, 0.3) is 0 Å². The molecule has 0 aromatic heterocycles. The van der Waals surface area contributed by atoms with Gasteiger partial charge in [-0.3, -0.25) is 0 Å². The van der Waals surface area contributed by atoms with E-state index < -0.39 is 5.97 Å². The number of aromatic carboxylic acids is 1. The Morgan fingerprint density at radius 3 is 2.42 bits per heavy atom. The van der Waals surface area contributed by atoms with E-state index in [1.165, 1.54) is 12.1 Å². The van der Waals surface area contributed by atoms with Crippen LogP contribution in [0.15, 0.2) is 36.4 Å². The third-order valence-corrected chi connectivity index (χ3v) is 4.01. The van der Waals surface area contributed by atoms with Gasteiger partial charge in [-0.15, -0.1) is 0 Å². The Labute approximate surface area is 155 Å². The molecule has 0 amide bonds. The average molecular weight is 389 g/mol. The highest BCUT2D eigenvalue weighted by molar-refractivity contribution is 6.37. The molecule has 0 heterocycles. The number of ether oxygens (including phenoxy) is 1. The molecule has 0 aliphatic heterocycles. The minimum absolute atomic E-state index is 0.0601. The highest BCUT2D eigenvalue weighted by atomic mass is 35.5. The Morgan fingerprint density at radius 1 is 1.04 bits per heavy atom. The van der Waals surface area contributed by atoms with Crippen molar-refractivity contribution in [1.29, 1.82) is 0 Å². The number of hydrogen-bond acceptors (Lipinski definition) is 3. The Hall–Kier alpha value is -1.62. The number of nitrogens with one attached hydrogen (secondary N) is 1. The fraction of sp³-hybridized carbons (Fsp3) is 0.235. The number of carbonyl (C=O) groups is 1. The van der Waals surface area contributed by atoms with Crippen molar-refractivity contribution in [3.05, 3.63) is 57.0 Å². The molecule has 7 heteroatoms. The molecule has 24 heavy (non-hydrogen) atoms. The van der Waals surface area contributed by atoms with Gasteiger partial charge < -0.3 is 15.2 Å². The first-order chi connectivity index (χ1) is 11.5. The second-order valence-electron chi connectivity index (χ2n) is 5.05. The first kappa shape index (κ1) is 18.7. The van der Waals surface area contributed by atoms with Crippen LogP contribution in [0.3, 0.4) is 0 Å². The molecule has 0 spiro atoms. The monoisotopic (exact) mass is 387 g/mol. The number of halogens is 3. The molecule has 0 fully saturated rings. The molecule has 0 bridgehead atoms. The predicted molar refractivity (Wildman–Crippen MR) is 98.1 cm³/mol. The van der Waals surface area contributed by atoms with Crippen molar-refractivity contribution >= 4 is 46.5 Å². The Morgan fingerprint density at radius 2 is 1.75 bits per heavy atom. The predicted octanol–water partition coefficient (Wildman–Crippen LogP) is 5.62. The molecule has 2 rings (SSSR count). The Kier molecular flexibility index (Phi) is 7.03. The van der Waals surface area contributed by atoms with Gasteiger partial charge in [-0.2, -0.15) is 0 Å². The van der Waals surface area contributed by atoms with E-state index in [1.54, 1.807) is 12.1 Å². The second-order valence-corrected chi connectivity index (χ2v) is 6.33. The van der Waals surface area contributed by atoms with Crippen LogP contribution in [-0.2, 0) is 0 Å². The summed E-state index contributed by atoms with van der Waals surface area (Å²) >= 11 is 17.7. The first-order valence-electron chi connectivity index (χ1n) is 7.32. The maximum atomic E-state index is 11.3. The van der Waals surface area contributed by atoms with Gasteiger partial charge in [0.05, 0.1) is 22.9 Å². The molecule has 2 aromatic rings. The van der Waals surface area contributed by atoms with Crippen LogP contribution in [-0.4, -0.2) is 24.2 Å². The zero-order valence-corrected chi connectivity index (χ0v) is 15.0. The molecule has 2 N–H and O–H groups in total. The lowest BCUT2D eigenvalue weighted by Gasteiger charge is -2.12. The third-order valence-electron chi connectivity index (χ3n) is 3.24. The molecule has 2 aromatic carbocycles. The molecule has 0 aliphatic carbocycles. The standard InChI is InChI=1S/C17H16Cl3NO3/c18-11-3-5-13(6-4-11)24-8-2-1-7-21-16-14(17(22)23)9-12(19)10-15(16)20/h3-6,9-10,21H,1-2,7-8H2,(H,22,23). The van der Waals surface area contributed by atoms with Crippen molar-refractivity contribution in [3.63, 3.8) is 0 Å². The highest BCUT2D eigenvalue weighted by Crippen LogP contribution is 2.30. The molecule has 4 nitrogen and oxygen atoms in total. The topological polar surface area (TPSA) is 58.6 Å². The molecule has 0 atom stereocenters. The van der Waals surface area contributed by atoms with Crippen molar-refractivity contribution in [3.8, 4) is 5.75 Å². The lowest BCUT2D eigenvalue weighted by Crippen LogP contribution is -2.09. The summed E-state index contributed by atoms with van der Waals surface area (Å²) in [5, 5.41) is 13.5. The Bertz CT molecular complexity index is 705. The zero-order chi connectivity index (χ0) is 17.5. The molecular weight excluding hydrogens is 373 g/mol. The third kappa shape index (κ3) is 5.48. The zero-order valence-electron chi connectivity index (χ0n) is 12.7. The van der Waals surface area contributed by atoms with Crippen LogP contribution in [0.2, 0.25) is 15.1 Å². The van der Waals surface area contributed by atoms with Gasteiger partial charge in [0, 0.05) is 16.6 Å². The molecule has 0 aliphatic rings. The fourth-order valence-corrected chi connectivity index (χ4v) is 2.77. The quantitative estimate of drug-likeness (QED) is 0.577. The second kappa shape index (κ2) is 9.02. The summed E-state index contributed by atoms with van der Waals surface area (Å²) in [6.07, 6.45) is 1.61. The maximum Gasteiger partial charge on any atom is 0.337 e. The minimum atomic E-state index is -1.08. The molecular formula is C17H16Cl3NO3. The number of hydrogen-bond donors (Lipinski definition) is 2. The number of carboxylic acid groups (broad SMARTS) is 1. The lowest BCUT2D eigenvalue weighted by molar-refractivity contribution is 0.0698. The van der Waals surface area contributed by atoms with E-state index in [0.717, 1.165) is 18.6 Å². The Balaban J connectivity index is 1.78. The minimum Gasteiger partial charge on any atom is -0.494 e. The molecule has 0 radical (unpaired) electrons. The van der Waals surface area contributed by atoms with E-state index in [1.807, 2.05) is 12.1 Å². The first-order valence-corrected chi connectivity index (χ1v) is 8.45. The number of rotatable bonds is 8. The van der Waals surface area contributed by atoms with E-state index in [0.29, 0.717) is 28.9 Å². The van der Waals surface area contributed by atoms with Crippen molar-refractivity contribution in [2.75, 3.05) is 18.5 Å². The number of anilines is 1. The summed E-state index contributed by atoms with van der Waals surface area (Å²) in [6, 6.07) is 10.1. The SMILES string of the molecule is O=C(O)c1cc(Cl)cc(Cl)c1NCCCCOc1ccc(Cl)cc1. The van der Waals surface area contributed by atoms with Gasteiger partial charge in [-0.25, -0.2) is 4.79 Å². The van der Waals surface area contributed by atoms with Crippen LogP contribution in [0.25, 0.3) is 0 Å². The summed E-state index contributed by atoms with van der Waals surface area (Å²) in [6.45, 7) is 1.13. The molecule has 0 saturated heterocycles. The summed E-state index contributed by atoms with van der Waals surface area (Å²) in [5.74, 6) is -0.311. The van der Waals surface area contributed by atoms with Crippen LogP contribution in [0.1, 0.15) is 23.2 Å². The largest absolute Gasteiger partial charge is 0.494 e. The van der Waals surface area contributed by atoms with Crippen molar-refractivity contribution in [2.24, 2.45) is 0 Å². The van der Waals surface area contributed by atoms with Gasteiger partial charge in [0.15, 0.2) is 0 Å². The summed E-state index contributed by atoms with van der Waals surface area (Å²) in [7, 11) is 0. The highest BCUT2D eigenvalue weighted by Gasteiger charge is 2.14. The van der Waals surface area contributed by atoms with Gasteiger partial charge in [-0.1, -0.05) is 34.8 Å².